The number of hydrogen-bond donors (Lipinski definition) is 1. The second-order valence-corrected chi connectivity index (χ2v) is 7.82. The Morgan fingerprint density at radius 3 is 2.65 bits per heavy atom. The molecule has 0 saturated carbocycles. The van der Waals surface area contributed by atoms with Crippen molar-refractivity contribution in [2.45, 2.75) is 24.5 Å². The Morgan fingerprint density at radius 1 is 1.25 bits per heavy atom. The molecular formula is C14H15NO3S2. The van der Waals surface area contributed by atoms with Gasteiger partial charge < -0.3 is 5.11 Å². The molecule has 4 nitrogen and oxygen atoms in total. The molecule has 1 aromatic heterocycles. The molecular weight excluding hydrogens is 294 g/mol. The molecule has 0 spiro atoms. The van der Waals surface area contributed by atoms with Gasteiger partial charge in [-0.15, -0.1) is 11.3 Å². The first-order valence-corrected chi connectivity index (χ1v) is 8.61. The van der Waals surface area contributed by atoms with E-state index in [1.807, 2.05) is 18.4 Å². The molecule has 1 unspecified atom stereocenters. The lowest BCUT2D eigenvalue weighted by Gasteiger charge is -2.29. The van der Waals surface area contributed by atoms with Crippen LogP contribution in [0.4, 0.5) is 0 Å². The summed E-state index contributed by atoms with van der Waals surface area (Å²) in [7, 11) is -3.55. The Balaban J connectivity index is 1.95. The highest BCUT2D eigenvalue weighted by Crippen LogP contribution is 2.33. The van der Waals surface area contributed by atoms with Crippen molar-refractivity contribution >= 4 is 21.4 Å². The van der Waals surface area contributed by atoms with E-state index in [-0.39, 0.29) is 11.4 Å². The first-order chi connectivity index (χ1) is 9.48. The summed E-state index contributed by atoms with van der Waals surface area (Å²) in [5.41, 5.74) is 1.91. The van der Waals surface area contributed by atoms with Crippen LogP contribution in [0.1, 0.15) is 22.1 Å². The smallest absolute Gasteiger partial charge is 0.243 e. The fraction of sp³-hybridized carbons (Fsp3) is 0.286. The quantitative estimate of drug-likeness (QED) is 0.926. The number of sulfonamides is 1. The van der Waals surface area contributed by atoms with Crippen LogP contribution in [-0.2, 0) is 16.6 Å². The van der Waals surface area contributed by atoms with Crippen LogP contribution in [0.15, 0.2) is 40.6 Å². The Morgan fingerprint density at radius 2 is 1.95 bits per heavy atom. The van der Waals surface area contributed by atoms with Gasteiger partial charge in [0.2, 0.25) is 10.0 Å². The van der Waals surface area contributed by atoms with Gasteiger partial charge in [-0.2, -0.15) is 4.31 Å². The predicted octanol–water partition coefficient (Wildman–Crippen LogP) is 2.29. The SMILES string of the molecule is Cc1ccc(S(=O)(=O)N2Cc3ccsc3C(O)C2)cc1. The van der Waals surface area contributed by atoms with E-state index in [9.17, 15) is 13.5 Å². The Bertz CT molecular complexity index is 719. The maximum absolute atomic E-state index is 12.6. The zero-order valence-electron chi connectivity index (χ0n) is 11.0. The lowest BCUT2D eigenvalue weighted by Crippen LogP contribution is -2.37. The molecule has 3 rings (SSSR count). The van der Waals surface area contributed by atoms with Crippen molar-refractivity contribution in [3.05, 3.63) is 51.7 Å². The van der Waals surface area contributed by atoms with Gasteiger partial charge in [-0.25, -0.2) is 8.42 Å². The van der Waals surface area contributed by atoms with E-state index in [4.69, 9.17) is 0 Å². The molecule has 0 bridgehead atoms. The summed E-state index contributed by atoms with van der Waals surface area (Å²) in [5, 5.41) is 12.0. The lowest BCUT2D eigenvalue weighted by atomic mass is 10.1. The number of rotatable bonds is 2. The van der Waals surface area contributed by atoms with E-state index in [0.717, 1.165) is 16.0 Å². The van der Waals surface area contributed by atoms with Crippen molar-refractivity contribution in [1.29, 1.82) is 0 Å². The summed E-state index contributed by atoms with van der Waals surface area (Å²) in [6.07, 6.45) is -0.737. The largest absolute Gasteiger partial charge is 0.386 e. The number of aryl methyl sites for hydroxylation is 1. The molecule has 0 amide bonds. The molecule has 6 heteroatoms. The van der Waals surface area contributed by atoms with Crippen molar-refractivity contribution in [3.8, 4) is 0 Å². The Labute approximate surface area is 122 Å². The van der Waals surface area contributed by atoms with Crippen LogP contribution >= 0.6 is 11.3 Å². The monoisotopic (exact) mass is 309 g/mol. The number of β-amino-alcohol motifs (C(OH)–C–C–N with tert-alkyl or cyclic N) is 1. The number of hydrogen-bond acceptors (Lipinski definition) is 4. The van der Waals surface area contributed by atoms with Gasteiger partial charge in [-0.05, 0) is 36.1 Å². The normalized spacial score (nSPS) is 19.8. The van der Waals surface area contributed by atoms with Gasteiger partial charge >= 0.3 is 0 Å². The first kappa shape index (κ1) is 13.8. The molecule has 1 N–H and O–H groups in total. The van der Waals surface area contributed by atoms with Crippen LogP contribution < -0.4 is 0 Å². The summed E-state index contributed by atoms with van der Waals surface area (Å²) in [6.45, 7) is 2.36. The summed E-state index contributed by atoms with van der Waals surface area (Å²) >= 11 is 1.47. The minimum atomic E-state index is -3.55. The molecule has 20 heavy (non-hydrogen) atoms. The van der Waals surface area contributed by atoms with Crippen molar-refractivity contribution < 1.29 is 13.5 Å². The topological polar surface area (TPSA) is 57.6 Å². The van der Waals surface area contributed by atoms with Crippen molar-refractivity contribution in [2.75, 3.05) is 6.54 Å². The molecule has 0 saturated heterocycles. The second kappa shape index (κ2) is 4.96. The molecule has 1 aliphatic rings. The number of fused-ring (bicyclic) bond motifs is 1. The fourth-order valence-corrected chi connectivity index (χ4v) is 4.66. The van der Waals surface area contributed by atoms with Gasteiger partial charge in [0.1, 0.15) is 6.10 Å². The predicted molar refractivity (Wildman–Crippen MR) is 78.1 cm³/mol. The van der Waals surface area contributed by atoms with E-state index in [0.29, 0.717) is 6.54 Å². The van der Waals surface area contributed by atoms with E-state index in [1.165, 1.54) is 15.6 Å². The molecule has 0 radical (unpaired) electrons. The third-order valence-corrected chi connectivity index (χ3v) is 6.35. The second-order valence-electron chi connectivity index (χ2n) is 4.94. The fourth-order valence-electron chi connectivity index (χ4n) is 2.34. The highest BCUT2D eigenvalue weighted by molar-refractivity contribution is 7.89. The Hall–Kier alpha value is -1.21. The van der Waals surface area contributed by atoms with Crippen LogP contribution in [0.25, 0.3) is 0 Å². The van der Waals surface area contributed by atoms with Crippen LogP contribution in [0, 0.1) is 6.92 Å². The van der Waals surface area contributed by atoms with Crippen molar-refractivity contribution in [3.63, 3.8) is 0 Å². The van der Waals surface area contributed by atoms with Crippen LogP contribution in [0.2, 0.25) is 0 Å². The van der Waals surface area contributed by atoms with E-state index in [2.05, 4.69) is 0 Å². The van der Waals surface area contributed by atoms with Gasteiger partial charge in [-0.1, -0.05) is 17.7 Å². The molecule has 106 valence electrons. The van der Waals surface area contributed by atoms with Gasteiger partial charge in [0.25, 0.3) is 0 Å². The van der Waals surface area contributed by atoms with Crippen LogP contribution in [-0.4, -0.2) is 24.4 Å². The maximum atomic E-state index is 12.6. The third kappa shape index (κ3) is 2.29. The number of thiophene rings is 1. The number of nitrogens with zero attached hydrogens (tertiary/aromatic N) is 1. The molecule has 2 heterocycles. The highest BCUT2D eigenvalue weighted by atomic mass is 32.2. The molecule has 1 aromatic carbocycles. The van der Waals surface area contributed by atoms with Gasteiger partial charge in [-0.3, -0.25) is 0 Å². The maximum Gasteiger partial charge on any atom is 0.243 e. The zero-order chi connectivity index (χ0) is 14.3. The molecule has 0 fully saturated rings. The average molecular weight is 309 g/mol. The van der Waals surface area contributed by atoms with Crippen LogP contribution in [0.5, 0.6) is 0 Å². The van der Waals surface area contributed by atoms with Gasteiger partial charge in [0.15, 0.2) is 0 Å². The summed E-state index contributed by atoms with van der Waals surface area (Å²) < 4.78 is 26.5. The number of aliphatic hydroxyl groups excluding tert-OH is 1. The van der Waals surface area contributed by atoms with E-state index >= 15 is 0 Å². The third-order valence-electron chi connectivity index (χ3n) is 3.47. The Kier molecular flexibility index (Phi) is 3.41. The number of benzene rings is 1. The zero-order valence-corrected chi connectivity index (χ0v) is 12.6. The lowest BCUT2D eigenvalue weighted by molar-refractivity contribution is 0.136. The average Bonchev–Trinajstić information content (AvgIpc) is 2.88. The summed E-state index contributed by atoms with van der Waals surface area (Å²) in [5.74, 6) is 0. The van der Waals surface area contributed by atoms with E-state index in [1.54, 1.807) is 24.3 Å². The summed E-state index contributed by atoms with van der Waals surface area (Å²) in [6, 6.07) is 8.66. The van der Waals surface area contributed by atoms with Gasteiger partial charge in [0.05, 0.1) is 4.90 Å². The molecule has 1 aliphatic heterocycles. The molecule has 1 atom stereocenters. The number of aliphatic hydroxyl groups is 1. The highest BCUT2D eigenvalue weighted by Gasteiger charge is 2.33. The van der Waals surface area contributed by atoms with Crippen molar-refractivity contribution in [2.24, 2.45) is 0 Å². The van der Waals surface area contributed by atoms with Crippen molar-refractivity contribution in [1.82, 2.24) is 4.31 Å². The molecule has 0 aliphatic carbocycles. The first-order valence-electron chi connectivity index (χ1n) is 6.29. The standard InChI is InChI=1S/C14H15NO3S2/c1-10-2-4-12(5-3-10)20(17,18)15-8-11-6-7-19-14(11)13(16)9-15/h2-7,13,16H,8-9H2,1H3. The van der Waals surface area contributed by atoms with Gasteiger partial charge in [0, 0.05) is 18.0 Å². The minimum absolute atomic E-state index is 0.115. The summed E-state index contributed by atoms with van der Waals surface area (Å²) in [4.78, 5) is 1.15. The van der Waals surface area contributed by atoms with Crippen LogP contribution in [0.3, 0.4) is 0 Å². The minimum Gasteiger partial charge on any atom is -0.386 e. The van der Waals surface area contributed by atoms with E-state index < -0.39 is 16.1 Å². The molecule has 2 aromatic rings.